The van der Waals surface area contributed by atoms with Gasteiger partial charge in [-0.15, -0.1) is 0 Å². The number of imidazole rings is 1. The minimum Gasteiger partial charge on any atom is -0.492 e. The number of hydrogen-bond acceptors (Lipinski definition) is 5. The zero-order valence-electron chi connectivity index (χ0n) is 15.9. The number of aromatic nitrogens is 3. The Kier molecular flexibility index (Phi) is 3.48. The Bertz CT molecular complexity index is 957. The van der Waals surface area contributed by atoms with Crippen molar-refractivity contribution in [3.05, 3.63) is 29.6 Å². The van der Waals surface area contributed by atoms with Gasteiger partial charge in [-0.3, -0.25) is 0 Å². The molecule has 140 valence electrons. The Balaban J connectivity index is 1.36. The lowest BCUT2D eigenvalue weighted by molar-refractivity contribution is -0.105. The SMILES string of the molecule is C[C@@H]1[C@H]2CC(C[C@H]1Nc1nc(O)c(/C=C3\C=Nc4ncccc43)[nH]1)C2(C)C. The van der Waals surface area contributed by atoms with E-state index in [1.54, 1.807) is 12.4 Å². The van der Waals surface area contributed by atoms with Crippen LogP contribution in [0.15, 0.2) is 23.3 Å². The number of hydrogen-bond donors (Lipinski definition) is 3. The maximum atomic E-state index is 10.3. The van der Waals surface area contributed by atoms with E-state index in [4.69, 9.17) is 0 Å². The van der Waals surface area contributed by atoms with Crippen molar-refractivity contribution >= 4 is 29.6 Å². The fourth-order valence-corrected chi connectivity index (χ4v) is 5.26. The molecule has 3 heterocycles. The molecule has 3 fully saturated rings. The predicted molar refractivity (Wildman–Crippen MR) is 107 cm³/mol. The smallest absolute Gasteiger partial charge is 0.238 e. The third-order valence-corrected chi connectivity index (χ3v) is 7.11. The highest BCUT2D eigenvalue weighted by atomic mass is 16.3. The first kappa shape index (κ1) is 16.5. The first-order chi connectivity index (χ1) is 12.9. The summed E-state index contributed by atoms with van der Waals surface area (Å²) in [7, 11) is 0. The average molecular weight is 363 g/mol. The molecule has 2 aromatic heterocycles. The monoisotopic (exact) mass is 363 g/mol. The van der Waals surface area contributed by atoms with Crippen LogP contribution in [0.3, 0.4) is 0 Å². The van der Waals surface area contributed by atoms with Crippen LogP contribution in [0.25, 0.3) is 11.6 Å². The van der Waals surface area contributed by atoms with Gasteiger partial charge in [-0.1, -0.05) is 20.8 Å². The van der Waals surface area contributed by atoms with Crippen molar-refractivity contribution in [1.29, 1.82) is 0 Å². The number of rotatable bonds is 3. The van der Waals surface area contributed by atoms with Gasteiger partial charge < -0.3 is 15.4 Å². The van der Waals surface area contributed by atoms with E-state index in [2.05, 4.69) is 46.0 Å². The summed E-state index contributed by atoms with van der Waals surface area (Å²) in [6.07, 6.45) is 7.87. The first-order valence-corrected chi connectivity index (χ1v) is 9.70. The van der Waals surface area contributed by atoms with Crippen LogP contribution < -0.4 is 5.32 Å². The number of fused-ring (bicyclic) bond motifs is 3. The standard InChI is InChI=1S/C21H25N5O/c1-11-15-8-13(21(15,2)3)9-16(11)24-20-25-17(19(27)26-20)7-12-10-23-18-14(12)5-4-6-22-18/h4-7,10-11,13,15-16,27H,8-9H2,1-3H3,(H2,24,25,26)/b12-7+/t11-,13?,15-,16-/m1/s1. The van der Waals surface area contributed by atoms with Crippen LogP contribution in [-0.2, 0) is 0 Å². The molecule has 0 aromatic carbocycles. The van der Waals surface area contributed by atoms with E-state index in [9.17, 15) is 5.11 Å². The second kappa shape index (κ2) is 5.68. The largest absolute Gasteiger partial charge is 0.492 e. The zero-order valence-corrected chi connectivity index (χ0v) is 15.9. The first-order valence-electron chi connectivity index (χ1n) is 9.70. The fourth-order valence-electron chi connectivity index (χ4n) is 5.26. The van der Waals surface area contributed by atoms with Gasteiger partial charge in [0, 0.05) is 29.6 Å². The minimum atomic E-state index is 0.00434. The van der Waals surface area contributed by atoms with E-state index in [0.29, 0.717) is 34.8 Å². The summed E-state index contributed by atoms with van der Waals surface area (Å²) < 4.78 is 0. The highest BCUT2D eigenvalue weighted by molar-refractivity contribution is 6.20. The topological polar surface area (TPSA) is 86.2 Å². The molecule has 6 rings (SSSR count). The van der Waals surface area contributed by atoms with E-state index in [1.807, 2.05) is 18.2 Å². The Morgan fingerprint density at radius 3 is 2.96 bits per heavy atom. The van der Waals surface area contributed by atoms with Gasteiger partial charge in [0.2, 0.25) is 11.8 Å². The van der Waals surface area contributed by atoms with Crippen molar-refractivity contribution in [3.63, 3.8) is 0 Å². The van der Waals surface area contributed by atoms with Crippen LogP contribution in [0.2, 0.25) is 0 Å². The van der Waals surface area contributed by atoms with Crippen molar-refractivity contribution in [2.75, 3.05) is 5.32 Å². The van der Waals surface area contributed by atoms with E-state index >= 15 is 0 Å². The molecule has 3 N–H and O–H groups in total. The van der Waals surface area contributed by atoms with Crippen LogP contribution in [-0.4, -0.2) is 32.3 Å². The molecule has 3 aliphatic carbocycles. The second-order valence-electron chi connectivity index (χ2n) is 8.76. The zero-order chi connectivity index (χ0) is 18.8. The van der Waals surface area contributed by atoms with E-state index < -0.39 is 0 Å². The van der Waals surface area contributed by atoms with Crippen LogP contribution in [0.1, 0.15) is 44.9 Å². The molecular formula is C21H25N5O. The highest BCUT2D eigenvalue weighted by Gasteiger charge is 2.56. The van der Waals surface area contributed by atoms with E-state index in [1.165, 1.54) is 6.42 Å². The molecule has 0 saturated heterocycles. The van der Waals surface area contributed by atoms with Gasteiger partial charge >= 0.3 is 0 Å². The molecular weight excluding hydrogens is 338 g/mol. The highest BCUT2D eigenvalue weighted by Crippen LogP contribution is 2.61. The van der Waals surface area contributed by atoms with Crippen LogP contribution in [0, 0.1) is 23.2 Å². The number of aromatic hydroxyl groups is 1. The van der Waals surface area contributed by atoms with Crippen molar-refractivity contribution in [2.45, 2.75) is 39.7 Å². The van der Waals surface area contributed by atoms with Gasteiger partial charge in [-0.2, -0.15) is 4.98 Å². The Morgan fingerprint density at radius 2 is 2.19 bits per heavy atom. The van der Waals surface area contributed by atoms with Crippen molar-refractivity contribution in [1.82, 2.24) is 15.0 Å². The van der Waals surface area contributed by atoms with Crippen molar-refractivity contribution in [2.24, 2.45) is 28.2 Å². The van der Waals surface area contributed by atoms with E-state index in [-0.39, 0.29) is 5.88 Å². The lowest BCUT2D eigenvalue weighted by Gasteiger charge is -2.62. The fraction of sp³-hybridized carbons (Fsp3) is 0.476. The lowest BCUT2D eigenvalue weighted by atomic mass is 9.45. The predicted octanol–water partition coefficient (Wildman–Crippen LogP) is 4.25. The van der Waals surface area contributed by atoms with Gasteiger partial charge in [0.15, 0.2) is 5.82 Å². The summed E-state index contributed by atoms with van der Waals surface area (Å²) in [6, 6.07) is 4.26. The maximum absolute atomic E-state index is 10.3. The molecule has 4 atom stereocenters. The molecule has 1 aliphatic heterocycles. The van der Waals surface area contributed by atoms with Gasteiger partial charge in [-0.25, -0.2) is 9.98 Å². The molecule has 6 nitrogen and oxygen atoms in total. The van der Waals surface area contributed by atoms with Gasteiger partial charge in [0.25, 0.3) is 0 Å². The third kappa shape index (κ3) is 2.50. The Hall–Kier alpha value is -2.63. The lowest BCUT2D eigenvalue weighted by Crippen LogP contribution is -2.58. The van der Waals surface area contributed by atoms with E-state index in [0.717, 1.165) is 29.4 Å². The number of nitrogens with zero attached hydrogens (tertiary/aromatic N) is 3. The third-order valence-electron chi connectivity index (χ3n) is 7.11. The Labute approximate surface area is 158 Å². The summed E-state index contributed by atoms with van der Waals surface area (Å²) in [5.41, 5.74) is 2.92. The molecule has 0 amide bonds. The van der Waals surface area contributed by atoms with Crippen molar-refractivity contribution < 1.29 is 5.11 Å². The molecule has 2 aromatic rings. The summed E-state index contributed by atoms with van der Waals surface area (Å²) in [5.74, 6) is 3.48. The van der Waals surface area contributed by atoms with Gasteiger partial charge in [-0.05, 0) is 54.2 Å². The minimum absolute atomic E-state index is 0.00434. The normalized spacial score (nSPS) is 31.6. The summed E-state index contributed by atoms with van der Waals surface area (Å²) in [4.78, 5) is 16.1. The van der Waals surface area contributed by atoms with Gasteiger partial charge in [0.1, 0.15) is 5.69 Å². The number of anilines is 1. The second-order valence-corrected chi connectivity index (χ2v) is 8.76. The number of aromatic amines is 1. The number of nitrogens with one attached hydrogen (secondary N) is 2. The summed E-state index contributed by atoms with van der Waals surface area (Å²) >= 11 is 0. The molecule has 2 bridgehead atoms. The molecule has 3 saturated carbocycles. The average Bonchev–Trinajstić information content (AvgIpc) is 3.20. The molecule has 0 radical (unpaired) electrons. The quantitative estimate of drug-likeness (QED) is 0.761. The summed E-state index contributed by atoms with van der Waals surface area (Å²) in [6.45, 7) is 7.14. The number of aliphatic imine (C=N–C) groups is 1. The molecule has 4 aliphatic rings. The van der Waals surface area contributed by atoms with Crippen LogP contribution in [0.5, 0.6) is 5.88 Å². The summed E-state index contributed by atoms with van der Waals surface area (Å²) in [5, 5.41) is 13.8. The molecule has 27 heavy (non-hydrogen) atoms. The number of pyridine rings is 1. The maximum Gasteiger partial charge on any atom is 0.238 e. The Morgan fingerprint density at radius 1 is 1.33 bits per heavy atom. The molecule has 1 unspecified atom stereocenters. The van der Waals surface area contributed by atoms with Crippen LogP contribution in [0.4, 0.5) is 11.8 Å². The molecule has 6 heteroatoms. The number of H-pyrrole nitrogens is 1. The molecule has 0 spiro atoms. The number of allylic oxidation sites excluding steroid dienone is 1. The van der Waals surface area contributed by atoms with Gasteiger partial charge in [0.05, 0.1) is 0 Å². The van der Waals surface area contributed by atoms with Crippen LogP contribution >= 0.6 is 0 Å². The van der Waals surface area contributed by atoms with Crippen molar-refractivity contribution in [3.8, 4) is 5.88 Å².